The lowest BCUT2D eigenvalue weighted by Gasteiger charge is -2.31. The second-order valence-electron chi connectivity index (χ2n) is 5.48. The van der Waals surface area contributed by atoms with E-state index in [-0.39, 0.29) is 6.10 Å². The quantitative estimate of drug-likeness (QED) is 0.823. The van der Waals surface area contributed by atoms with Gasteiger partial charge in [-0.1, -0.05) is 32.6 Å². The molecule has 1 aliphatic rings. The summed E-state index contributed by atoms with van der Waals surface area (Å²) in [5, 5.41) is 12.5. The Kier molecular flexibility index (Phi) is 4.63. The third kappa shape index (κ3) is 3.11. The molecule has 0 spiro atoms. The minimum absolute atomic E-state index is 0.211. The lowest BCUT2D eigenvalue weighted by atomic mass is 9.77. The molecule has 1 aromatic heterocycles. The van der Waals surface area contributed by atoms with E-state index in [9.17, 15) is 5.11 Å². The average Bonchev–Trinajstić information content (AvgIpc) is 2.76. The SMILES string of the molecule is CCCC1CCC(C(O)c2sccc2C)CC1. The summed E-state index contributed by atoms with van der Waals surface area (Å²) < 4.78 is 0. The highest BCUT2D eigenvalue weighted by Crippen LogP contribution is 2.40. The first-order valence-electron chi connectivity index (χ1n) is 6.94. The predicted molar refractivity (Wildman–Crippen MR) is 74.4 cm³/mol. The van der Waals surface area contributed by atoms with Gasteiger partial charge in [0, 0.05) is 4.88 Å². The van der Waals surface area contributed by atoms with Crippen LogP contribution in [0.3, 0.4) is 0 Å². The number of aryl methyl sites for hydroxylation is 1. The molecule has 1 N–H and O–H groups in total. The number of aliphatic hydroxyl groups excluding tert-OH is 1. The highest BCUT2D eigenvalue weighted by molar-refractivity contribution is 7.10. The van der Waals surface area contributed by atoms with Gasteiger partial charge in [0.1, 0.15) is 0 Å². The molecular weight excluding hydrogens is 228 g/mol. The van der Waals surface area contributed by atoms with Gasteiger partial charge in [0.25, 0.3) is 0 Å². The van der Waals surface area contributed by atoms with Crippen molar-refractivity contribution in [2.24, 2.45) is 11.8 Å². The van der Waals surface area contributed by atoms with Gasteiger partial charge in [-0.3, -0.25) is 0 Å². The van der Waals surface area contributed by atoms with Gasteiger partial charge in [-0.25, -0.2) is 0 Å². The lowest BCUT2D eigenvalue weighted by molar-refractivity contribution is 0.0745. The van der Waals surface area contributed by atoms with Crippen LogP contribution in [0, 0.1) is 18.8 Å². The van der Waals surface area contributed by atoms with Gasteiger partial charge in [-0.05, 0) is 48.6 Å². The Balaban J connectivity index is 1.90. The van der Waals surface area contributed by atoms with Crippen LogP contribution in [-0.2, 0) is 0 Å². The monoisotopic (exact) mass is 252 g/mol. The lowest BCUT2D eigenvalue weighted by Crippen LogP contribution is -2.20. The first-order chi connectivity index (χ1) is 8.22. The highest BCUT2D eigenvalue weighted by atomic mass is 32.1. The predicted octanol–water partition coefficient (Wildman–Crippen LogP) is 4.70. The fourth-order valence-electron chi connectivity index (χ4n) is 3.10. The van der Waals surface area contributed by atoms with Gasteiger partial charge in [-0.15, -0.1) is 11.3 Å². The zero-order chi connectivity index (χ0) is 12.3. The summed E-state index contributed by atoms with van der Waals surface area (Å²) in [6.45, 7) is 4.38. The number of rotatable bonds is 4. The van der Waals surface area contributed by atoms with Gasteiger partial charge in [-0.2, -0.15) is 0 Å². The molecule has 17 heavy (non-hydrogen) atoms. The molecule has 1 atom stereocenters. The topological polar surface area (TPSA) is 20.2 Å². The molecule has 1 heterocycles. The standard InChI is InChI=1S/C15H24OS/c1-3-4-12-5-7-13(8-6-12)14(16)15-11(2)9-10-17-15/h9-10,12-14,16H,3-8H2,1-2H3. The fourth-order valence-corrected chi connectivity index (χ4v) is 4.11. The van der Waals surface area contributed by atoms with Crippen LogP contribution in [-0.4, -0.2) is 5.11 Å². The molecule has 1 aliphatic carbocycles. The van der Waals surface area contributed by atoms with E-state index in [0.29, 0.717) is 5.92 Å². The number of aliphatic hydroxyl groups is 1. The third-order valence-electron chi connectivity index (χ3n) is 4.21. The third-order valence-corrected chi connectivity index (χ3v) is 5.29. The molecule has 0 aromatic carbocycles. The molecule has 0 radical (unpaired) electrons. The summed E-state index contributed by atoms with van der Waals surface area (Å²) in [6.07, 6.45) is 7.53. The summed E-state index contributed by atoms with van der Waals surface area (Å²) >= 11 is 1.71. The maximum absolute atomic E-state index is 10.4. The van der Waals surface area contributed by atoms with E-state index >= 15 is 0 Å². The molecule has 1 fully saturated rings. The van der Waals surface area contributed by atoms with Crippen LogP contribution in [0.15, 0.2) is 11.4 Å². The second-order valence-corrected chi connectivity index (χ2v) is 6.43. The van der Waals surface area contributed by atoms with Gasteiger partial charge < -0.3 is 5.11 Å². The van der Waals surface area contributed by atoms with E-state index in [1.54, 1.807) is 11.3 Å². The fraction of sp³-hybridized carbons (Fsp3) is 0.733. The summed E-state index contributed by atoms with van der Waals surface area (Å²) in [7, 11) is 0. The van der Waals surface area contributed by atoms with Gasteiger partial charge >= 0.3 is 0 Å². The van der Waals surface area contributed by atoms with Gasteiger partial charge in [0.2, 0.25) is 0 Å². The molecule has 1 unspecified atom stereocenters. The molecular formula is C15H24OS. The van der Waals surface area contributed by atoms with E-state index in [1.165, 1.54) is 49.0 Å². The van der Waals surface area contributed by atoms with E-state index in [0.717, 1.165) is 5.92 Å². The van der Waals surface area contributed by atoms with Gasteiger partial charge in [0.05, 0.1) is 6.10 Å². The van der Waals surface area contributed by atoms with E-state index in [2.05, 4.69) is 25.3 Å². The Morgan fingerprint density at radius 3 is 2.59 bits per heavy atom. The van der Waals surface area contributed by atoms with E-state index in [4.69, 9.17) is 0 Å². The van der Waals surface area contributed by atoms with Crippen LogP contribution in [0.25, 0.3) is 0 Å². The van der Waals surface area contributed by atoms with Crippen molar-refractivity contribution in [2.45, 2.75) is 58.5 Å². The second kappa shape index (κ2) is 6.01. The molecule has 0 saturated heterocycles. The molecule has 2 heteroatoms. The van der Waals surface area contributed by atoms with Crippen molar-refractivity contribution >= 4 is 11.3 Å². The van der Waals surface area contributed by atoms with Crippen LogP contribution >= 0.6 is 11.3 Å². The Morgan fingerprint density at radius 1 is 1.35 bits per heavy atom. The largest absolute Gasteiger partial charge is 0.387 e. The first-order valence-corrected chi connectivity index (χ1v) is 7.82. The summed E-state index contributed by atoms with van der Waals surface area (Å²) in [4.78, 5) is 1.20. The summed E-state index contributed by atoms with van der Waals surface area (Å²) in [5.41, 5.74) is 1.26. The Morgan fingerprint density at radius 2 is 2.06 bits per heavy atom. The number of thiophene rings is 1. The Labute approximate surface area is 109 Å². The van der Waals surface area contributed by atoms with Crippen molar-refractivity contribution in [2.75, 3.05) is 0 Å². The average molecular weight is 252 g/mol. The van der Waals surface area contributed by atoms with Crippen molar-refractivity contribution in [1.82, 2.24) is 0 Å². The smallest absolute Gasteiger partial charge is 0.0912 e. The van der Waals surface area contributed by atoms with E-state index < -0.39 is 0 Å². The van der Waals surface area contributed by atoms with Crippen LogP contribution in [0.1, 0.15) is 62.0 Å². The minimum Gasteiger partial charge on any atom is -0.387 e. The molecule has 0 amide bonds. The van der Waals surface area contributed by atoms with Crippen LogP contribution in [0.2, 0.25) is 0 Å². The maximum atomic E-state index is 10.4. The van der Waals surface area contributed by atoms with Crippen LogP contribution in [0.5, 0.6) is 0 Å². The Bertz CT molecular complexity index is 336. The molecule has 1 nitrogen and oxygen atoms in total. The highest BCUT2D eigenvalue weighted by Gasteiger charge is 2.28. The van der Waals surface area contributed by atoms with Gasteiger partial charge in [0.15, 0.2) is 0 Å². The Hall–Kier alpha value is -0.340. The van der Waals surface area contributed by atoms with E-state index in [1.807, 2.05) is 0 Å². The van der Waals surface area contributed by atoms with Crippen molar-refractivity contribution in [3.05, 3.63) is 21.9 Å². The normalized spacial score (nSPS) is 27.0. The zero-order valence-corrected chi connectivity index (χ0v) is 11.8. The van der Waals surface area contributed by atoms with Crippen molar-refractivity contribution < 1.29 is 5.11 Å². The van der Waals surface area contributed by atoms with Crippen molar-refractivity contribution in [3.8, 4) is 0 Å². The summed E-state index contributed by atoms with van der Waals surface area (Å²) in [6, 6.07) is 2.12. The van der Waals surface area contributed by atoms with Crippen molar-refractivity contribution in [1.29, 1.82) is 0 Å². The zero-order valence-electron chi connectivity index (χ0n) is 11.0. The number of hydrogen-bond acceptors (Lipinski definition) is 2. The first kappa shape index (κ1) is 13.1. The molecule has 0 aliphatic heterocycles. The summed E-state index contributed by atoms with van der Waals surface area (Å²) in [5.74, 6) is 1.42. The minimum atomic E-state index is -0.211. The maximum Gasteiger partial charge on any atom is 0.0912 e. The number of hydrogen-bond donors (Lipinski definition) is 1. The molecule has 1 saturated carbocycles. The van der Waals surface area contributed by atoms with Crippen molar-refractivity contribution in [3.63, 3.8) is 0 Å². The molecule has 1 aromatic rings. The molecule has 96 valence electrons. The van der Waals surface area contributed by atoms with Crippen LogP contribution in [0.4, 0.5) is 0 Å². The molecule has 0 bridgehead atoms. The van der Waals surface area contributed by atoms with Crippen LogP contribution < -0.4 is 0 Å². The molecule has 2 rings (SSSR count).